The molecule has 2 aromatic carbocycles. The Morgan fingerprint density at radius 1 is 1.03 bits per heavy atom. The molecule has 1 N–H and O–H groups in total. The Bertz CT molecular complexity index is 1170. The SMILES string of the molecule is CN1CCN(C(=O)c2ccc(-c3cncc4[nH]cnc34)cc2)C(c2ccccc2)C1. The molecular weight excluding hydrogens is 374 g/mol. The van der Waals surface area contributed by atoms with Crippen molar-refractivity contribution in [3.8, 4) is 11.1 Å². The molecule has 6 heteroatoms. The quantitative estimate of drug-likeness (QED) is 0.572. The summed E-state index contributed by atoms with van der Waals surface area (Å²) in [7, 11) is 2.11. The first-order chi connectivity index (χ1) is 14.7. The number of benzene rings is 2. The molecule has 0 radical (unpaired) electrons. The van der Waals surface area contributed by atoms with Crippen molar-refractivity contribution >= 4 is 16.9 Å². The number of pyridine rings is 1. The van der Waals surface area contributed by atoms with Gasteiger partial charge in [-0.2, -0.15) is 0 Å². The Labute approximate surface area is 175 Å². The van der Waals surface area contributed by atoms with Crippen molar-refractivity contribution in [3.05, 3.63) is 84.4 Å². The molecule has 0 saturated carbocycles. The number of piperazine rings is 1. The second kappa shape index (κ2) is 7.72. The molecule has 5 rings (SSSR count). The van der Waals surface area contributed by atoms with Gasteiger partial charge in [0.2, 0.25) is 0 Å². The van der Waals surface area contributed by atoms with Gasteiger partial charge in [0.1, 0.15) is 0 Å². The van der Waals surface area contributed by atoms with Crippen LogP contribution in [0, 0.1) is 0 Å². The Morgan fingerprint density at radius 2 is 1.83 bits per heavy atom. The summed E-state index contributed by atoms with van der Waals surface area (Å²) in [5.74, 6) is 0.0691. The van der Waals surface area contributed by atoms with Crippen LogP contribution < -0.4 is 0 Å². The van der Waals surface area contributed by atoms with Gasteiger partial charge in [0, 0.05) is 37.0 Å². The van der Waals surface area contributed by atoms with E-state index >= 15 is 0 Å². The van der Waals surface area contributed by atoms with Gasteiger partial charge in [-0.1, -0.05) is 42.5 Å². The summed E-state index contributed by atoms with van der Waals surface area (Å²) in [5.41, 5.74) is 5.60. The maximum Gasteiger partial charge on any atom is 0.254 e. The number of hydrogen-bond acceptors (Lipinski definition) is 4. The lowest BCUT2D eigenvalue weighted by Crippen LogP contribution is -2.49. The van der Waals surface area contributed by atoms with Crippen LogP contribution in [0.2, 0.25) is 0 Å². The highest BCUT2D eigenvalue weighted by Gasteiger charge is 2.30. The van der Waals surface area contributed by atoms with Gasteiger partial charge in [0.25, 0.3) is 5.91 Å². The van der Waals surface area contributed by atoms with E-state index in [1.54, 1.807) is 12.5 Å². The van der Waals surface area contributed by atoms with Gasteiger partial charge in [-0.05, 0) is 30.3 Å². The molecule has 0 aliphatic carbocycles. The van der Waals surface area contributed by atoms with Crippen molar-refractivity contribution in [2.45, 2.75) is 6.04 Å². The number of rotatable bonds is 3. The molecule has 1 unspecified atom stereocenters. The van der Waals surface area contributed by atoms with Crippen LogP contribution in [0.15, 0.2) is 73.3 Å². The summed E-state index contributed by atoms with van der Waals surface area (Å²) < 4.78 is 0. The number of hydrogen-bond donors (Lipinski definition) is 1. The Morgan fingerprint density at radius 3 is 2.63 bits per heavy atom. The molecule has 4 aromatic rings. The number of amides is 1. The standard InChI is InChI=1S/C24H23N5O/c1-28-11-12-29(22(15-28)18-5-3-2-4-6-18)24(30)19-9-7-17(8-10-19)20-13-25-14-21-23(20)27-16-26-21/h2-10,13-14,16,22H,11-12,15H2,1H3,(H,26,27). The largest absolute Gasteiger partial charge is 0.343 e. The van der Waals surface area contributed by atoms with Crippen LogP contribution in [0.4, 0.5) is 0 Å². The van der Waals surface area contributed by atoms with E-state index in [1.165, 1.54) is 5.56 Å². The van der Waals surface area contributed by atoms with Gasteiger partial charge >= 0.3 is 0 Å². The zero-order valence-corrected chi connectivity index (χ0v) is 16.8. The van der Waals surface area contributed by atoms with E-state index in [4.69, 9.17) is 0 Å². The van der Waals surface area contributed by atoms with Gasteiger partial charge in [0.15, 0.2) is 0 Å². The van der Waals surface area contributed by atoms with Crippen LogP contribution in [0.5, 0.6) is 0 Å². The van der Waals surface area contributed by atoms with Crippen LogP contribution in [0.3, 0.4) is 0 Å². The molecule has 30 heavy (non-hydrogen) atoms. The number of carbonyl (C=O) groups is 1. The van der Waals surface area contributed by atoms with Crippen molar-refractivity contribution in [1.82, 2.24) is 24.8 Å². The van der Waals surface area contributed by atoms with E-state index in [0.717, 1.165) is 35.2 Å². The molecule has 2 aromatic heterocycles. The van der Waals surface area contributed by atoms with Crippen LogP contribution in [-0.4, -0.2) is 57.3 Å². The maximum absolute atomic E-state index is 13.4. The summed E-state index contributed by atoms with van der Waals surface area (Å²) in [6.07, 6.45) is 5.25. The molecule has 150 valence electrons. The van der Waals surface area contributed by atoms with Crippen molar-refractivity contribution in [3.63, 3.8) is 0 Å². The number of imidazole rings is 1. The van der Waals surface area contributed by atoms with Gasteiger partial charge in [-0.15, -0.1) is 0 Å². The third-order valence-corrected chi connectivity index (χ3v) is 5.80. The lowest BCUT2D eigenvalue weighted by atomic mass is 10.00. The third-order valence-electron chi connectivity index (χ3n) is 5.80. The predicted molar refractivity (Wildman–Crippen MR) is 117 cm³/mol. The fourth-order valence-electron chi connectivity index (χ4n) is 4.16. The molecule has 1 aliphatic rings. The summed E-state index contributed by atoms with van der Waals surface area (Å²) in [5, 5.41) is 0. The van der Waals surface area contributed by atoms with Crippen LogP contribution in [0.1, 0.15) is 22.0 Å². The maximum atomic E-state index is 13.4. The normalized spacial score (nSPS) is 17.4. The molecule has 0 spiro atoms. The van der Waals surface area contributed by atoms with Crippen molar-refractivity contribution in [2.75, 3.05) is 26.7 Å². The average Bonchev–Trinajstić information content (AvgIpc) is 3.28. The number of H-pyrrole nitrogens is 1. The smallest absolute Gasteiger partial charge is 0.254 e. The summed E-state index contributed by atoms with van der Waals surface area (Å²) in [6, 6.07) is 18.1. The van der Waals surface area contributed by atoms with E-state index in [1.807, 2.05) is 53.6 Å². The van der Waals surface area contributed by atoms with Gasteiger partial charge < -0.3 is 14.8 Å². The van der Waals surface area contributed by atoms with Crippen LogP contribution >= 0.6 is 0 Å². The number of likely N-dealkylation sites (N-methyl/N-ethyl adjacent to an activating group) is 1. The number of nitrogens with zero attached hydrogens (tertiary/aromatic N) is 4. The van der Waals surface area contributed by atoms with E-state index in [2.05, 4.69) is 39.0 Å². The Kier molecular flexibility index (Phi) is 4.77. The number of aromatic amines is 1. The zero-order valence-electron chi connectivity index (χ0n) is 16.8. The Hall–Kier alpha value is -3.51. The second-order valence-corrected chi connectivity index (χ2v) is 7.75. The van der Waals surface area contributed by atoms with E-state index in [-0.39, 0.29) is 11.9 Å². The minimum atomic E-state index is 0.0548. The van der Waals surface area contributed by atoms with Crippen LogP contribution in [0.25, 0.3) is 22.2 Å². The monoisotopic (exact) mass is 397 g/mol. The van der Waals surface area contributed by atoms with Gasteiger partial charge in [-0.25, -0.2) is 4.98 Å². The zero-order chi connectivity index (χ0) is 20.5. The molecular formula is C24H23N5O. The minimum absolute atomic E-state index is 0.0548. The van der Waals surface area contributed by atoms with Crippen molar-refractivity contribution in [1.29, 1.82) is 0 Å². The first-order valence-electron chi connectivity index (χ1n) is 10.1. The average molecular weight is 397 g/mol. The molecule has 1 atom stereocenters. The van der Waals surface area contributed by atoms with E-state index in [9.17, 15) is 4.79 Å². The number of nitrogens with one attached hydrogen (secondary N) is 1. The summed E-state index contributed by atoms with van der Waals surface area (Å²) in [6.45, 7) is 2.42. The minimum Gasteiger partial charge on any atom is -0.343 e. The lowest BCUT2D eigenvalue weighted by Gasteiger charge is -2.40. The molecule has 0 bridgehead atoms. The number of fused-ring (bicyclic) bond motifs is 1. The summed E-state index contributed by atoms with van der Waals surface area (Å²) >= 11 is 0. The van der Waals surface area contributed by atoms with Crippen molar-refractivity contribution in [2.24, 2.45) is 0 Å². The molecule has 3 heterocycles. The molecule has 6 nitrogen and oxygen atoms in total. The second-order valence-electron chi connectivity index (χ2n) is 7.75. The van der Waals surface area contributed by atoms with Crippen molar-refractivity contribution < 1.29 is 4.79 Å². The van der Waals surface area contributed by atoms with Gasteiger partial charge in [0.05, 0.1) is 29.6 Å². The van der Waals surface area contributed by atoms with E-state index in [0.29, 0.717) is 12.1 Å². The highest BCUT2D eigenvalue weighted by molar-refractivity contribution is 5.96. The number of carbonyl (C=O) groups excluding carboxylic acids is 1. The van der Waals surface area contributed by atoms with E-state index < -0.39 is 0 Å². The topological polar surface area (TPSA) is 65.1 Å². The van der Waals surface area contributed by atoms with Gasteiger partial charge in [-0.3, -0.25) is 9.78 Å². The third kappa shape index (κ3) is 3.35. The highest BCUT2D eigenvalue weighted by Crippen LogP contribution is 2.29. The Balaban J connectivity index is 1.43. The molecule has 1 saturated heterocycles. The highest BCUT2D eigenvalue weighted by atomic mass is 16.2. The molecule has 1 aliphatic heterocycles. The predicted octanol–water partition coefficient (Wildman–Crippen LogP) is 3.75. The fourth-order valence-corrected chi connectivity index (χ4v) is 4.16. The first kappa shape index (κ1) is 18.5. The lowest BCUT2D eigenvalue weighted by molar-refractivity contribution is 0.0498. The first-order valence-corrected chi connectivity index (χ1v) is 10.1. The fraction of sp³-hybridized carbons (Fsp3) is 0.208. The van der Waals surface area contributed by atoms with Crippen LogP contribution in [-0.2, 0) is 0 Å². The molecule has 1 fully saturated rings. The molecule has 1 amide bonds. The summed E-state index contributed by atoms with van der Waals surface area (Å²) in [4.78, 5) is 29.4. The number of aromatic nitrogens is 3.